The van der Waals surface area contributed by atoms with E-state index in [9.17, 15) is 31.1 Å². The first-order valence-electron chi connectivity index (χ1n) is 7.31. The van der Waals surface area contributed by atoms with Crippen LogP contribution in [0.15, 0.2) is 0 Å². The fourth-order valence-corrected chi connectivity index (χ4v) is 4.16. The molecule has 0 saturated carbocycles. The van der Waals surface area contributed by atoms with E-state index in [0.717, 1.165) is 9.80 Å². The van der Waals surface area contributed by atoms with Gasteiger partial charge < -0.3 is 14.4 Å². The molecule has 0 aromatic rings. The van der Waals surface area contributed by atoms with Gasteiger partial charge in [-0.25, -0.2) is 4.79 Å². The standard InChI is InChI=1S/C13H18Br2F6N2O3/c1-25-5-8(3-12(16,17)18)22-7-11(14,15)23(10(22)24)9(6-26-2)4-13(19,20)21/h8-9H,3-7H2,1-2H3. The molecule has 1 heterocycles. The molecular weight excluding hydrogens is 506 g/mol. The van der Waals surface area contributed by atoms with E-state index in [4.69, 9.17) is 9.47 Å². The Bertz CT molecular complexity index is 489. The zero-order chi connectivity index (χ0) is 20.3. The van der Waals surface area contributed by atoms with E-state index >= 15 is 0 Å². The molecule has 1 rings (SSSR count). The number of halogens is 8. The highest BCUT2D eigenvalue weighted by Gasteiger charge is 2.54. The summed E-state index contributed by atoms with van der Waals surface area (Å²) < 4.78 is 85.0. The molecule has 0 spiro atoms. The summed E-state index contributed by atoms with van der Waals surface area (Å²) in [6.07, 6.45) is -11.9. The Morgan fingerprint density at radius 3 is 1.85 bits per heavy atom. The molecule has 0 aromatic heterocycles. The average molecular weight is 524 g/mol. The topological polar surface area (TPSA) is 42.0 Å². The average Bonchev–Trinajstić information content (AvgIpc) is 2.65. The molecule has 1 saturated heterocycles. The van der Waals surface area contributed by atoms with Crippen molar-refractivity contribution >= 4 is 37.9 Å². The molecule has 2 atom stereocenters. The molecule has 154 valence electrons. The minimum Gasteiger partial charge on any atom is -0.383 e. The molecule has 2 amide bonds. The zero-order valence-corrected chi connectivity index (χ0v) is 17.0. The van der Waals surface area contributed by atoms with Crippen molar-refractivity contribution in [2.75, 3.05) is 34.0 Å². The van der Waals surface area contributed by atoms with Crippen LogP contribution in [0.2, 0.25) is 0 Å². The van der Waals surface area contributed by atoms with Crippen LogP contribution in [-0.4, -0.2) is 77.6 Å². The van der Waals surface area contributed by atoms with Gasteiger partial charge in [0.25, 0.3) is 0 Å². The molecule has 13 heteroatoms. The number of amides is 2. The van der Waals surface area contributed by atoms with Crippen molar-refractivity contribution in [2.24, 2.45) is 0 Å². The second-order valence-corrected chi connectivity index (χ2v) is 9.49. The molecule has 2 unspecified atom stereocenters. The predicted molar refractivity (Wildman–Crippen MR) is 87.2 cm³/mol. The van der Waals surface area contributed by atoms with Crippen LogP contribution < -0.4 is 0 Å². The second kappa shape index (κ2) is 8.82. The number of hydrogen-bond acceptors (Lipinski definition) is 3. The predicted octanol–water partition coefficient (Wildman–Crippen LogP) is 4.10. The van der Waals surface area contributed by atoms with Gasteiger partial charge in [-0.2, -0.15) is 26.3 Å². The summed E-state index contributed by atoms with van der Waals surface area (Å²) in [5.74, 6) is 0. The zero-order valence-electron chi connectivity index (χ0n) is 13.8. The third-order valence-electron chi connectivity index (χ3n) is 3.62. The molecule has 1 aliphatic heterocycles. The SMILES string of the molecule is COCC(CC(F)(F)F)N1CC(Br)(Br)N(C(COC)CC(F)(F)F)C1=O. The number of carbonyl (C=O) groups is 1. The number of alkyl halides is 8. The number of nitrogens with zero attached hydrogens (tertiary/aromatic N) is 2. The molecule has 0 aliphatic carbocycles. The lowest BCUT2D eigenvalue weighted by atomic mass is 10.2. The lowest BCUT2D eigenvalue weighted by molar-refractivity contribution is -0.149. The van der Waals surface area contributed by atoms with E-state index in [2.05, 4.69) is 31.9 Å². The molecule has 5 nitrogen and oxygen atoms in total. The van der Waals surface area contributed by atoms with Crippen molar-refractivity contribution in [3.05, 3.63) is 0 Å². The van der Waals surface area contributed by atoms with Crippen molar-refractivity contribution < 1.29 is 40.6 Å². The van der Waals surface area contributed by atoms with E-state index in [-0.39, 0.29) is 6.54 Å². The van der Waals surface area contributed by atoms with Crippen molar-refractivity contribution in [1.29, 1.82) is 0 Å². The first-order chi connectivity index (χ1) is 11.7. The van der Waals surface area contributed by atoms with Crippen molar-refractivity contribution in [3.8, 4) is 0 Å². The van der Waals surface area contributed by atoms with Crippen LogP contribution in [0.1, 0.15) is 12.8 Å². The van der Waals surface area contributed by atoms with Crippen LogP contribution in [0.3, 0.4) is 0 Å². The fourth-order valence-electron chi connectivity index (χ4n) is 2.74. The van der Waals surface area contributed by atoms with E-state index in [1.54, 1.807) is 0 Å². The van der Waals surface area contributed by atoms with Gasteiger partial charge in [0.05, 0.1) is 44.7 Å². The highest BCUT2D eigenvalue weighted by molar-refractivity contribution is 9.25. The van der Waals surface area contributed by atoms with Gasteiger partial charge in [0.1, 0.15) is 0 Å². The van der Waals surface area contributed by atoms with Crippen molar-refractivity contribution in [1.82, 2.24) is 9.80 Å². The number of urea groups is 1. The summed E-state index contributed by atoms with van der Waals surface area (Å²) in [6.45, 7) is -1.16. The van der Waals surface area contributed by atoms with E-state index in [0.29, 0.717) is 0 Å². The van der Waals surface area contributed by atoms with Crippen LogP contribution in [0, 0.1) is 0 Å². The van der Waals surface area contributed by atoms with Crippen molar-refractivity contribution in [3.63, 3.8) is 0 Å². The van der Waals surface area contributed by atoms with Crippen LogP contribution in [0.25, 0.3) is 0 Å². The van der Waals surface area contributed by atoms with Gasteiger partial charge in [-0.05, 0) is 31.9 Å². The van der Waals surface area contributed by atoms with Crippen molar-refractivity contribution in [2.45, 2.75) is 40.6 Å². The van der Waals surface area contributed by atoms with Gasteiger partial charge in [-0.15, -0.1) is 0 Å². The van der Waals surface area contributed by atoms with Crippen LogP contribution in [0.4, 0.5) is 31.1 Å². The Morgan fingerprint density at radius 1 is 1.00 bits per heavy atom. The van der Waals surface area contributed by atoms with Gasteiger partial charge in [0, 0.05) is 14.2 Å². The fraction of sp³-hybridized carbons (Fsp3) is 0.923. The Labute approximate surface area is 163 Å². The molecule has 0 aromatic carbocycles. The highest BCUT2D eigenvalue weighted by atomic mass is 79.9. The van der Waals surface area contributed by atoms with Gasteiger partial charge in [0.2, 0.25) is 0 Å². The van der Waals surface area contributed by atoms with Gasteiger partial charge in [-0.1, -0.05) is 0 Å². The molecular formula is C13H18Br2F6N2O3. The molecule has 1 aliphatic rings. The molecule has 0 bridgehead atoms. The minimum absolute atomic E-state index is 0.311. The van der Waals surface area contributed by atoms with Crippen LogP contribution in [-0.2, 0) is 9.47 Å². The molecule has 0 radical (unpaired) electrons. The maximum atomic E-state index is 12.9. The number of ether oxygens (including phenoxy) is 2. The Balaban J connectivity index is 3.12. The first-order valence-corrected chi connectivity index (χ1v) is 8.89. The third-order valence-corrected chi connectivity index (χ3v) is 4.89. The van der Waals surface area contributed by atoms with E-state index in [1.165, 1.54) is 14.2 Å². The number of methoxy groups -OCH3 is 2. The summed E-state index contributed by atoms with van der Waals surface area (Å²) in [6, 6.07) is -3.78. The lowest BCUT2D eigenvalue weighted by Gasteiger charge is -2.34. The van der Waals surface area contributed by atoms with E-state index in [1.807, 2.05) is 0 Å². The second-order valence-electron chi connectivity index (χ2n) is 5.80. The summed E-state index contributed by atoms with van der Waals surface area (Å²) in [5, 5.41) is 0. The highest BCUT2D eigenvalue weighted by Crippen LogP contribution is 2.43. The maximum Gasteiger partial charge on any atom is 0.391 e. The Kier molecular flexibility index (Phi) is 8.07. The summed E-state index contributed by atoms with van der Waals surface area (Å²) in [5.41, 5.74) is 0. The molecule has 0 N–H and O–H groups in total. The Hall–Kier alpha value is -0.270. The minimum atomic E-state index is -4.59. The third kappa shape index (κ3) is 6.71. The van der Waals surface area contributed by atoms with Gasteiger partial charge >= 0.3 is 18.4 Å². The number of carbonyl (C=O) groups excluding carboxylic acids is 1. The number of rotatable bonds is 8. The van der Waals surface area contributed by atoms with Crippen LogP contribution in [0.5, 0.6) is 0 Å². The quantitative estimate of drug-likeness (QED) is 0.273. The largest absolute Gasteiger partial charge is 0.391 e. The van der Waals surface area contributed by atoms with Crippen LogP contribution >= 0.6 is 31.9 Å². The maximum absolute atomic E-state index is 12.9. The summed E-state index contributed by atoms with van der Waals surface area (Å²) >= 11 is 6.20. The van der Waals surface area contributed by atoms with E-state index < -0.39 is 59.9 Å². The Morgan fingerprint density at radius 2 is 1.42 bits per heavy atom. The molecule has 1 fully saturated rings. The van der Waals surface area contributed by atoms with Gasteiger partial charge in [-0.3, -0.25) is 4.90 Å². The number of hydrogen-bond donors (Lipinski definition) is 0. The normalized spacial score (nSPS) is 20.6. The summed E-state index contributed by atoms with van der Waals surface area (Å²) in [4.78, 5) is 14.3. The lowest BCUT2D eigenvalue weighted by Crippen LogP contribution is -2.50. The van der Waals surface area contributed by atoms with Gasteiger partial charge in [0.15, 0.2) is 3.36 Å². The summed E-state index contributed by atoms with van der Waals surface area (Å²) in [7, 11) is 2.35. The molecule has 26 heavy (non-hydrogen) atoms. The first kappa shape index (κ1) is 23.8. The monoisotopic (exact) mass is 522 g/mol. The smallest absolute Gasteiger partial charge is 0.383 e.